The molecule has 0 unspecified atom stereocenters. The molecular formula is C19H21Cl2N3O. The number of rotatable bonds is 4. The van der Waals surface area contributed by atoms with Crippen LogP contribution in [0.3, 0.4) is 0 Å². The molecular weight excluding hydrogens is 357 g/mol. The van der Waals surface area contributed by atoms with Crippen molar-refractivity contribution in [2.75, 3.05) is 42.9 Å². The Morgan fingerprint density at radius 3 is 2.28 bits per heavy atom. The predicted octanol–water partition coefficient (Wildman–Crippen LogP) is 4.06. The first-order valence-electron chi connectivity index (χ1n) is 8.31. The first kappa shape index (κ1) is 18.1. The molecule has 1 amide bonds. The van der Waals surface area contributed by atoms with Crippen LogP contribution < -0.4 is 10.2 Å². The number of piperazine rings is 1. The van der Waals surface area contributed by atoms with Gasteiger partial charge in [-0.2, -0.15) is 0 Å². The molecule has 25 heavy (non-hydrogen) atoms. The van der Waals surface area contributed by atoms with E-state index in [0.717, 1.165) is 26.2 Å². The van der Waals surface area contributed by atoms with Crippen molar-refractivity contribution in [2.45, 2.75) is 6.92 Å². The molecule has 3 rings (SSSR count). The molecule has 132 valence electrons. The molecule has 0 spiro atoms. The fourth-order valence-corrected chi connectivity index (χ4v) is 3.56. The van der Waals surface area contributed by atoms with Crippen molar-refractivity contribution in [3.63, 3.8) is 0 Å². The van der Waals surface area contributed by atoms with Gasteiger partial charge in [0.2, 0.25) is 5.91 Å². The number of carbonyl (C=O) groups is 1. The van der Waals surface area contributed by atoms with Gasteiger partial charge < -0.3 is 10.2 Å². The van der Waals surface area contributed by atoms with E-state index in [4.69, 9.17) is 23.2 Å². The summed E-state index contributed by atoms with van der Waals surface area (Å²) in [5.41, 5.74) is 3.03. The number of aryl methyl sites for hydroxylation is 1. The Morgan fingerprint density at radius 2 is 1.64 bits per heavy atom. The zero-order valence-corrected chi connectivity index (χ0v) is 15.6. The van der Waals surface area contributed by atoms with E-state index in [0.29, 0.717) is 22.3 Å². The van der Waals surface area contributed by atoms with Crippen molar-refractivity contribution in [3.8, 4) is 0 Å². The summed E-state index contributed by atoms with van der Waals surface area (Å²) in [7, 11) is 0. The molecule has 0 saturated carbocycles. The van der Waals surface area contributed by atoms with E-state index >= 15 is 0 Å². The highest BCUT2D eigenvalue weighted by Gasteiger charge is 2.20. The first-order chi connectivity index (χ1) is 12.0. The van der Waals surface area contributed by atoms with Gasteiger partial charge in [0.05, 0.1) is 22.3 Å². The van der Waals surface area contributed by atoms with Crippen LogP contribution in [0.4, 0.5) is 11.4 Å². The minimum Gasteiger partial charge on any atom is -0.369 e. The average molecular weight is 378 g/mol. The maximum Gasteiger partial charge on any atom is 0.238 e. The minimum atomic E-state index is -0.0978. The van der Waals surface area contributed by atoms with Gasteiger partial charge in [0.1, 0.15) is 0 Å². The van der Waals surface area contributed by atoms with E-state index in [9.17, 15) is 4.79 Å². The topological polar surface area (TPSA) is 35.6 Å². The highest BCUT2D eigenvalue weighted by Crippen LogP contribution is 2.29. The Kier molecular flexibility index (Phi) is 5.84. The van der Waals surface area contributed by atoms with Crippen molar-refractivity contribution in [3.05, 3.63) is 58.1 Å². The van der Waals surface area contributed by atoms with Gasteiger partial charge in [-0.3, -0.25) is 9.69 Å². The number of para-hydroxylation sites is 2. The number of nitrogens with zero attached hydrogens (tertiary/aromatic N) is 2. The average Bonchev–Trinajstić information content (AvgIpc) is 2.60. The lowest BCUT2D eigenvalue weighted by Crippen LogP contribution is -2.48. The van der Waals surface area contributed by atoms with Crippen LogP contribution in [0.5, 0.6) is 0 Å². The Labute approximate surface area is 158 Å². The normalized spacial score (nSPS) is 15.2. The smallest absolute Gasteiger partial charge is 0.238 e. The van der Waals surface area contributed by atoms with Crippen molar-refractivity contribution in [2.24, 2.45) is 0 Å². The molecule has 1 aliphatic rings. The van der Waals surface area contributed by atoms with Crippen LogP contribution in [-0.4, -0.2) is 43.5 Å². The highest BCUT2D eigenvalue weighted by molar-refractivity contribution is 6.39. The SMILES string of the molecule is Cc1ccccc1N1CCN(CC(=O)Nc2c(Cl)cccc2Cl)CC1. The second-order valence-electron chi connectivity index (χ2n) is 6.19. The molecule has 2 aromatic carbocycles. The largest absolute Gasteiger partial charge is 0.369 e. The summed E-state index contributed by atoms with van der Waals surface area (Å²) >= 11 is 12.2. The van der Waals surface area contributed by atoms with Crippen LogP contribution in [0.1, 0.15) is 5.56 Å². The molecule has 1 heterocycles. The number of anilines is 2. The third-order valence-corrected chi connectivity index (χ3v) is 5.05. The quantitative estimate of drug-likeness (QED) is 0.872. The molecule has 2 aromatic rings. The lowest BCUT2D eigenvalue weighted by atomic mass is 10.1. The molecule has 0 aromatic heterocycles. The minimum absolute atomic E-state index is 0.0978. The summed E-state index contributed by atoms with van der Waals surface area (Å²) in [6.45, 7) is 5.97. The molecule has 1 aliphatic heterocycles. The van der Waals surface area contributed by atoms with Crippen molar-refractivity contribution in [1.82, 2.24) is 4.90 Å². The lowest BCUT2D eigenvalue weighted by molar-refractivity contribution is -0.117. The fourth-order valence-electron chi connectivity index (χ4n) is 3.06. The summed E-state index contributed by atoms with van der Waals surface area (Å²) < 4.78 is 0. The Balaban J connectivity index is 1.54. The second kappa shape index (κ2) is 8.09. The van der Waals surface area contributed by atoms with Crippen LogP contribution in [0.15, 0.2) is 42.5 Å². The molecule has 0 radical (unpaired) electrons. The molecule has 0 atom stereocenters. The maximum atomic E-state index is 12.3. The Bertz CT molecular complexity index is 738. The molecule has 1 fully saturated rings. The monoisotopic (exact) mass is 377 g/mol. The van der Waals surface area contributed by atoms with Crippen LogP contribution >= 0.6 is 23.2 Å². The second-order valence-corrected chi connectivity index (χ2v) is 7.01. The fraction of sp³-hybridized carbons (Fsp3) is 0.316. The Morgan fingerprint density at radius 1 is 1.00 bits per heavy atom. The lowest BCUT2D eigenvalue weighted by Gasteiger charge is -2.36. The van der Waals surface area contributed by atoms with E-state index in [1.54, 1.807) is 18.2 Å². The Hall–Kier alpha value is -1.75. The van der Waals surface area contributed by atoms with Crippen LogP contribution in [0.25, 0.3) is 0 Å². The van der Waals surface area contributed by atoms with Crippen LogP contribution in [0, 0.1) is 6.92 Å². The molecule has 4 nitrogen and oxygen atoms in total. The van der Waals surface area contributed by atoms with Crippen molar-refractivity contribution in [1.29, 1.82) is 0 Å². The summed E-state index contributed by atoms with van der Waals surface area (Å²) in [6.07, 6.45) is 0. The molecule has 1 N–H and O–H groups in total. The number of hydrogen-bond acceptors (Lipinski definition) is 3. The molecule has 0 bridgehead atoms. The van der Waals surface area contributed by atoms with E-state index in [1.165, 1.54) is 11.3 Å². The van der Waals surface area contributed by atoms with Crippen LogP contribution in [0.2, 0.25) is 10.0 Å². The van der Waals surface area contributed by atoms with Crippen molar-refractivity contribution < 1.29 is 4.79 Å². The van der Waals surface area contributed by atoms with Gasteiger partial charge in [-0.15, -0.1) is 0 Å². The third-order valence-electron chi connectivity index (χ3n) is 4.42. The number of nitrogens with one attached hydrogen (secondary N) is 1. The van der Waals surface area contributed by atoms with Gasteiger partial charge in [-0.05, 0) is 30.7 Å². The summed E-state index contributed by atoms with van der Waals surface area (Å²) in [6, 6.07) is 13.6. The zero-order valence-electron chi connectivity index (χ0n) is 14.1. The predicted molar refractivity (Wildman–Crippen MR) is 105 cm³/mol. The van der Waals surface area contributed by atoms with Gasteiger partial charge >= 0.3 is 0 Å². The van der Waals surface area contributed by atoms with E-state index in [-0.39, 0.29) is 5.91 Å². The van der Waals surface area contributed by atoms with Gasteiger partial charge in [0, 0.05) is 31.9 Å². The van der Waals surface area contributed by atoms with Gasteiger partial charge in [-0.25, -0.2) is 0 Å². The number of benzene rings is 2. The maximum absolute atomic E-state index is 12.3. The third kappa shape index (κ3) is 4.46. The van der Waals surface area contributed by atoms with Crippen LogP contribution in [-0.2, 0) is 4.79 Å². The van der Waals surface area contributed by atoms with E-state index < -0.39 is 0 Å². The number of halogens is 2. The molecule has 6 heteroatoms. The van der Waals surface area contributed by atoms with Gasteiger partial charge in [0.25, 0.3) is 0 Å². The molecule has 1 saturated heterocycles. The summed E-state index contributed by atoms with van der Waals surface area (Å²) in [4.78, 5) is 16.8. The summed E-state index contributed by atoms with van der Waals surface area (Å²) in [5.74, 6) is -0.0978. The number of carbonyl (C=O) groups excluding carboxylic acids is 1. The number of hydrogen-bond donors (Lipinski definition) is 1. The standard InChI is InChI=1S/C19H21Cl2N3O/c1-14-5-2-3-8-17(14)24-11-9-23(10-12-24)13-18(25)22-19-15(20)6-4-7-16(19)21/h2-8H,9-13H2,1H3,(H,22,25). The van der Waals surface area contributed by atoms with Gasteiger partial charge in [-0.1, -0.05) is 47.5 Å². The van der Waals surface area contributed by atoms with Gasteiger partial charge in [0.15, 0.2) is 0 Å². The highest BCUT2D eigenvalue weighted by atomic mass is 35.5. The zero-order chi connectivity index (χ0) is 17.8. The molecule has 0 aliphatic carbocycles. The van der Waals surface area contributed by atoms with Crippen molar-refractivity contribution >= 4 is 40.5 Å². The number of amides is 1. The summed E-state index contributed by atoms with van der Waals surface area (Å²) in [5, 5.41) is 3.72. The van der Waals surface area contributed by atoms with E-state index in [1.807, 2.05) is 0 Å². The van der Waals surface area contributed by atoms with E-state index in [2.05, 4.69) is 46.3 Å². The first-order valence-corrected chi connectivity index (χ1v) is 9.07.